The molecular formula is C9H16O4S. The van der Waals surface area contributed by atoms with Gasteiger partial charge in [0.15, 0.2) is 9.84 Å². The van der Waals surface area contributed by atoms with E-state index in [1.807, 2.05) is 0 Å². The number of ether oxygens (including phenoxy) is 1. The fourth-order valence-corrected chi connectivity index (χ4v) is 3.87. The van der Waals surface area contributed by atoms with Crippen molar-refractivity contribution in [1.29, 1.82) is 0 Å². The summed E-state index contributed by atoms with van der Waals surface area (Å²) in [4.78, 5) is 0. The number of aliphatic hydroxyl groups is 1. The molecule has 1 N–H and O–H groups in total. The Morgan fingerprint density at radius 3 is 2.43 bits per heavy atom. The van der Waals surface area contributed by atoms with Crippen LogP contribution in [0, 0.1) is 0 Å². The van der Waals surface area contributed by atoms with Crippen LogP contribution in [0.5, 0.6) is 0 Å². The first-order chi connectivity index (χ1) is 6.55. The van der Waals surface area contributed by atoms with Crippen LogP contribution in [0.4, 0.5) is 0 Å². The van der Waals surface area contributed by atoms with E-state index in [9.17, 15) is 8.42 Å². The molecule has 2 saturated heterocycles. The van der Waals surface area contributed by atoms with Crippen LogP contribution < -0.4 is 0 Å². The molecule has 0 saturated carbocycles. The van der Waals surface area contributed by atoms with Gasteiger partial charge in [-0.2, -0.15) is 0 Å². The van der Waals surface area contributed by atoms with Gasteiger partial charge < -0.3 is 9.84 Å². The summed E-state index contributed by atoms with van der Waals surface area (Å²) >= 11 is 0. The maximum absolute atomic E-state index is 11.2. The number of rotatable bonds is 1. The van der Waals surface area contributed by atoms with Gasteiger partial charge in [0.2, 0.25) is 0 Å². The molecule has 2 heterocycles. The summed E-state index contributed by atoms with van der Waals surface area (Å²) in [5.74, 6) is 0.482. The zero-order valence-corrected chi connectivity index (χ0v) is 8.92. The third kappa shape index (κ3) is 1.94. The molecule has 82 valence electrons. The molecule has 1 atom stereocenters. The molecular weight excluding hydrogens is 204 g/mol. The average Bonchev–Trinajstić information content (AvgIpc) is 2.56. The van der Waals surface area contributed by atoms with Crippen molar-refractivity contribution in [3.63, 3.8) is 0 Å². The summed E-state index contributed by atoms with van der Waals surface area (Å²) in [5.41, 5.74) is -0.237. The Kier molecular flexibility index (Phi) is 2.57. The lowest BCUT2D eigenvalue weighted by molar-refractivity contribution is -0.0639. The SMILES string of the molecule is O=S1(=O)CCC2(CC[C@@H](CO)O2)CC1. The second-order valence-electron chi connectivity index (χ2n) is 4.30. The van der Waals surface area contributed by atoms with Crippen molar-refractivity contribution in [2.75, 3.05) is 18.1 Å². The fraction of sp³-hybridized carbons (Fsp3) is 1.00. The minimum atomic E-state index is -2.81. The van der Waals surface area contributed by atoms with Gasteiger partial charge in [0.05, 0.1) is 29.8 Å². The second-order valence-corrected chi connectivity index (χ2v) is 6.60. The van der Waals surface area contributed by atoms with Crippen LogP contribution in [0.2, 0.25) is 0 Å². The highest BCUT2D eigenvalue weighted by molar-refractivity contribution is 7.91. The molecule has 2 aliphatic heterocycles. The molecule has 0 radical (unpaired) electrons. The summed E-state index contributed by atoms with van der Waals surface area (Å²) in [7, 11) is -2.81. The smallest absolute Gasteiger partial charge is 0.150 e. The van der Waals surface area contributed by atoms with Crippen LogP contribution in [0.15, 0.2) is 0 Å². The first-order valence-corrected chi connectivity index (χ1v) is 6.87. The van der Waals surface area contributed by atoms with E-state index in [4.69, 9.17) is 9.84 Å². The Bertz CT molecular complexity index is 295. The molecule has 0 aromatic carbocycles. The Labute approximate surface area is 84.2 Å². The molecule has 1 spiro atoms. The van der Waals surface area contributed by atoms with E-state index in [2.05, 4.69) is 0 Å². The normalized spacial score (nSPS) is 34.8. The fourth-order valence-electron chi connectivity index (χ4n) is 2.30. The zero-order chi connectivity index (χ0) is 10.2. The lowest BCUT2D eigenvalue weighted by atomic mass is 9.93. The van der Waals surface area contributed by atoms with Gasteiger partial charge >= 0.3 is 0 Å². The van der Waals surface area contributed by atoms with Crippen LogP contribution in [-0.4, -0.2) is 43.3 Å². The van der Waals surface area contributed by atoms with E-state index in [0.717, 1.165) is 12.8 Å². The minimum absolute atomic E-state index is 0.0501. The van der Waals surface area contributed by atoms with E-state index in [1.165, 1.54) is 0 Å². The third-order valence-corrected chi connectivity index (χ3v) is 4.93. The maximum atomic E-state index is 11.2. The van der Waals surface area contributed by atoms with Crippen molar-refractivity contribution in [2.24, 2.45) is 0 Å². The monoisotopic (exact) mass is 220 g/mol. The number of aliphatic hydroxyl groups excluding tert-OH is 1. The van der Waals surface area contributed by atoms with E-state index in [1.54, 1.807) is 0 Å². The van der Waals surface area contributed by atoms with Crippen molar-refractivity contribution in [2.45, 2.75) is 37.4 Å². The summed E-state index contributed by atoms with van der Waals surface area (Å²) in [6.07, 6.45) is 2.89. The molecule has 0 amide bonds. The Morgan fingerprint density at radius 1 is 1.29 bits per heavy atom. The van der Waals surface area contributed by atoms with Crippen LogP contribution in [0.3, 0.4) is 0 Å². The molecule has 2 fully saturated rings. The van der Waals surface area contributed by atoms with Gasteiger partial charge in [0.1, 0.15) is 0 Å². The minimum Gasteiger partial charge on any atom is -0.394 e. The van der Waals surface area contributed by atoms with E-state index < -0.39 is 9.84 Å². The van der Waals surface area contributed by atoms with Crippen molar-refractivity contribution in [3.05, 3.63) is 0 Å². The standard InChI is InChI=1S/C9H16O4S/c10-7-8-1-2-9(13-8)3-5-14(11,12)6-4-9/h8,10H,1-7H2/t8-/m0/s1. The molecule has 14 heavy (non-hydrogen) atoms. The molecule has 0 aromatic heterocycles. The largest absolute Gasteiger partial charge is 0.394 e. The van der Waals surface area contributed by atoms with Gasteiger partial charge in [-0.05, 0) is 25.7 Å². The number of hydrogen-bond acceptors (Lipinski definition) is 4. The first kappa shape index (κ1) is 10.4. The lowest BCUT2D eigenvalue weighted by Crippen LogP contribution is -2.39. The van der Waals surface area contributed by atoms with Gasteiger partial charge in [-0.1, -0.05) is 0 Å². The van der Waals surface area contributed by atoms with Crippen LogP contribution >= 0.6 is 0 Å². The van der Waals surface area contributed by atoms with Crippen molar-refractivity contribution < 1.29 is 18.3 Å². The second kappa shape index (κ2) is 3.47. The molecule has 0 unspecified atom stereocenters. The molecule has 0 aliphatic carbocycles. The molecule has 2 rings (SSSR count). The highest BCUT2D eigenvalue weighted by Gasteiger charge is 2.43. The molecule has 4 nitrogen and oxygen atoms in total. The van der Waals surface area contributed by atoms with Crippen molar-refractivity contribution in [3.8, 4) is 0 Å². The van der Waals surface area contributed by atoms with Gasteiger partial charge in [0, 0.05) is 0 Å². The Balaban J connectivity index is 2.01. The summed E-state index contributed by atoms with van der Waals surface area (Å²) in [6.45, 7) is 0.0501. The molecule has 0 aromatic rings. The first-order valence-electron chi connectivity index (χ1n) is 5.04. The lowest BCUT2D eigenvalue weighted by Gasteiger charge is -2.32. The zero-order valence-electron chi connectivity index (χ0n) is 8.11. The molecule has 2 aliphatic rings. The van der Waals surface area contributed by atoms with E-state index in [-0.39, 0.29) is 29.8 Å². The molecule has 0 bridgehead atoms. The number of sulfone groups is 1. The topological polar surface area (TPSA) is 63.6 Å². The number of hydrogen-bond donors (Lipinski definition) is 1. The third-order valence-electron chi connectivity index (χ3n) is 3.28. The summed E-state index contributed by atoms with van der Waals surface area (Å²) in [5, 5.41) is 8.94. The Morgan fingerprint density at radius 2 is 1.93 bits per heavy atom. The summed E-state index contributed by atoms with van der Waals surface area (Å²) in [6, 6.07) is 0. The van der Waals surface area contributed by atoms with Gasteiger partial charge in [-0.25, -0.2) is 8.42 Å². The Hall–Kier alpha value is -0.130. The van der Waals surface area contributed by atoms with Crippen molar-refractivity contribution in [1.82, 2.24) is 0 Å². The highest BCUT2D eigenvalue weighted by Crippen LogP contribution is 2.39. The van der Waals surface area contributed by atoms with Gasteiger partial charge in [0.25, 0.3) is 0 Å². The van der Waals surface area contributed by atoms with Crippen LogP contribution in [-0.2, 0) is 14.6 Å². The predicted molar refractivity (Wildman–Crippen MR) is 51.8 cm³/mol. The maximum Gasteiger partial charge on any atom is 0.150 e. The van der Waals surface area contributed by atoms with Gasteiger partial charge in [-0.3, -0.25) is 0 Å². The quantitative estimate of drug-likeness (QED) is 0.681. The average molecular weight is 220 g/mol. The van der Waals surface area contributed by atoms with E-state index in [0.29, 0.717) is 12.8 Å². The predicted octanol–water partition coefficient (Wildman–Crippen LogP) is 0.105. The van der Waals surface area contributed by atoms with Crippen molar-refractivity contribution >= 4 is 9.84 Å². The highest BCUT2D eigenvalue weighted by atomic mass is 32.2. The molecule has 5 heteroatoms. The van der Waals surface area contributed by atoms with E-state index >= 15 is 0 Å². The van der Waals surface area contributed by atoms with Crippen LogP contribution in [0.25, 0.3) is 0 Å². The van der Waals surface area contributed by atoms with Crippen LogP contribution in [0.1, 0.15) is 25.7 Å². The van der Waals surface area contributed by atoms with Gasteiger partial charge in [-0.15, -0.1) is 0 Å². The summed E-state index contributed by atoms with van der Waals surface area (Å²) < 4.78 is 28.2.